The van der Waals surface area contributed by atoms with E-state index in [1.807, 2.05) is 6.92 Å². The van der Waals surface area contributed by atoms with Crippen LogP contribution in [0.15, 0.2) is 32.4 Å². The zero-order chi connectivity index (χ0) is 19.8. The zero-order valence-electron chi connectivity index (χ0n) is 14.3. The summed E-state index contributed by atoms with van der Waals surface area (Å²) in [5.74, 6) is -1.66. The van der Waals surface area contributed by atoms with Crippen molar-refractivity contribution in [3.05, 3.63) is 50.4 Å². The first-order valence-corrected chi connectivity index (χ1v) is 7.87. The molecule has 0 spiro atoms. The van der Waals surface area contributed by atoms with Crippen molar-refractivity contribution in [2.45, 2.75) is 19.6 Å². The van der Waals surface area contributed by atoms with E-state index in [1.165, 1.54) is 12.3 Å². The van der Waals surface area contributed by atoms with Gasteiger partial charge in [0.05, 0.1) is 12.2 Å². The second kappa shape index (κ2) is 6.82. The maximum Gasteiger partial charge on any atom is 0.471 e. The normalized spacial score (nSPS) is 11.7. The van der Waals surface area contributed by atoms with E-state index in [0.29, 0.717) is 12.2 Å². The summed E-state index contributed by atoms with van der Waals surface area (Å²) < 4.78 is 41.7. The van der Waals surface area contributed by atoms with E-state index in [2.05, 4.69) is 25.0 Å². The van der Waals surface area contributed by atoms with Crippen molar-refractivity contribution in [2.24, 2.45) is 0 Å². The van der Waals surface area contributed by atoms with Gasteiger partial charge in [0.2, 0.25) is 5.82 Å². The van der Waals surface area contributed by atoms with Crippen LogP contribution in [0.2, 0.25) is 0 Å². The number of anilines is 2. The van der Waals surface area contributed by atoms with Gasteiger partial charge in [-0.2, -0.15) is 18.2 Å². The SMILES string of the molecule is CCNc1c(N(C)Cc2ccc(-c3noc(C(F)(F)F)n3)cn2)c(=O)c1=O. The molecule has 0 fully saturated rings. The van der Waals surface area contributed by atoms with E-state index in [0.717, 1.165) is 0 Å². The molecule has 0 saturated carbocycles. The molecular weight excluding hydrogens is 367 g/mol. The summed E-state index contributed by atoms with van der Waals surface area (Å²) >= 11 is 0. The molecule has 0 aliphatic heterocycles. The van der Waals surface area contributed by atoms with Crippen molar-refractivity contribution < 1.29 is 17.7 Å². The summed E-state index contributed by atoms with van der Waals surface area (Å²) in [4.78, 5) is 32.4. The average molecular weight is 381 g/mol. The minimum Gasteiger partial charge on any atom is -0.380 e. The van der Waals surface area contributed by atoms with Crippen LogP contribution in [0.1, 0.15) is 18.5 Å². The molecule has 0 aliphatic carbocycles. The van der Waals surface area contributed by atoms with E-state index in [1.54, 1.807) is 18.0 Å². The van der Waals surface area contributed by atoms with E-state index in [4.69, 9.17) is 0 Å². The van der Waals surface area contributed by atoms with Crippen molar-refractivity contribution in [2.75, 3.05) is 23.8 Å². The number of alkyl halides is 3. The lowest BCUT2D eigenvalue weighted by Gasteiger charge is -2.23. The molecule has 2 aromatic heterocycles. The molecule has 8 nitrogen and oxygen atoms in total. The molecule has 0 atom stereocenters. The highest BCUT2D eigenvalue weighted by Gasteiger charge is 2.38. The predicted octanol–water partition coefficient (Wildman–Crippen LogP) is 1.81. The molecule has 27 heavy (non-hydrogen) atoms. The Morgan fingerprint density at radius 1 is 1.22 bits per heavy atom. The minimum atomic E-state index is -4.72. The largest absolute Gasteiger partial charge is 0.471 e. The highest BCUT2D eigenvalue weighted by Crippen LogP contribution is 2.29. The summed E-state index contributed by atoms with van der Waals surface area (Å²) in [6.45, 7) is 2.54. The van der Waals surface area contributed by atoms with Crippen LogP contribution in [0.3, 0.4) is 0 Å². The number of nitrogens with zero attached hydrogens (tertiary/aromatic N) is 4. The monoisotopic (exact) mass is 381 g/mol. The zero-order valence-corrected chi connectivity index (χ0v) is 14.3. The Morgan fingerprint density at radius 3 is 2.52 bits per heavy atom. The number of pyridine rings is 1. The number of aromatic nitrogens is 3. The molecule has 3 aromatic rings. The van der Waals surface area contributed by atoms with Gasteiger partial charge in [-0.1, -0.05) is 5.16 Å². The molecular formula is C16H14F3N5O3. The molecule has 1 aromatic carbocycles. The average Bonchev–Trinajstić information content (AvgIpc) is 3.12. The van der Waals surface area contributed by atoms with Crippen LogP contribution in [0, 0.1) is 0 Å². The Bertz CT molecular complexity index is 1020. The Labute approximate surface area is 150 Å². The van der Waals surface area contributed by atoms with E-state index < -0.39 is 22.9 Å². The number of rotatable bonds is 6. The molecule has 2 heterocycles. The van der Waals surface area contributed by atoms with Crippen LogP contribution in [0.25, 0.3) is 11.4 Å². The van der Waals surface area contributed by atoms with Crippen molar-refractivity contribution in [1.29, 1.82) is 0 Å². The molecule has 11 heteroatoms. The highest BCUT2D eigenvalue weighted by atomic mass is 19.4. The van der Waals surface area contributed by atoms with Gasteiger partial charge in [-0.25, -0.2) is 0 Å². The van der Waals surface area contributed by atoms with Crippen LogP contribution in [-0.2, 0) is 12.7 Å². The van der Waals surface area contributed by atoms with Crippen molar-refractivity contribution >= 4 is 11.4 Å². The minimum absolute atomic E-state index is 0.226. The Hall–Kier alpha value is -3.24. The third-order valence-electron chi connectivity index (χ3n) is 3.77. The first-order chi connectivity index (χ1) is 12.7. The molecule has 3 rings (SSSR count). The standard InChI is InChI=1S/C16H14F3N5O3/c1-3-20-10-11(13(26)12(10)25)24(2)7-9-5-4-8(6-21-9)14-22-15(27-23-14)16(17,18)19/h4-6,20H,3,7H2,1-2H3. The van der Waals surface area contributed by atoms with Gasteiger partial charge < -0.3 is 14.7 Å². The maximum absolute atomic E-state index is 12.5. The number of nitrogens with one attached hydrogen (secondary N) is 1. The topological polar surface area (TPSA) is 101 Å². The summed E-state index contributed by atoms with van der Waals surface area (Å²) in [7, 11) is 1.64. The molecule has 0 amide bonds. The molecule has 142 valence electrons. The highest BCUT2D eigenvalue weighted by molar-refractivity contribution is 5.74. The van der Waals surface area contributed by atoms with Gasteiger partial charge in [0.1, 0.15) is 11.4 Å². The van der Waals surface area contributed by atoms with Crippen LogP contribution < -0.4 is 21.1 Å². The van der Waals surface area contributed by atoms with Gasteiger partial charge in [-0.05, 0) is 19.1 Å². The van der Waals surface area contributed by atoms with E-state index in [9.17, 15) is 22.8 Å². The lowest BCUT2D eigenvalue weighted by Crippen LogP contribution is -2.41. The third-order valence-corrected chi connectivity index (χ3v) is 3.77. The van der Waals surface area contributed by atoms with Gasteiger partial charge >= 0.3 is 12.1 Å². The molecule has 0 bridgehead atoms. The first kappa shape index (κ1) is 18.5. The molecule has 0 saturated heterocycles. The summed E-state index contributed by atoms with van der Waals surface area (Å²) in [6, 6.07) is 3.06. The fraction of sp³-hybridized carbons (Fsp3) is 0.312. The quantitative estimate of drug-likeness (QED) is 0.645. The lowest BCUT2D eigenvalue weighted by atomic mass is 10.1. The van der Waals surface area contributed by atoms with Crippen LogP contribution in [0.4, 0.5) is 24.5 Å². The second-order valence-electron chi connectivity index (χ2n) is 5.73. The fourth-order valence-corrected chi connectivity index (χ4v) is 2.51. The Kier molecular flexibility index (Phi) is 4.68. The molecule has 0 unspecified atom stereocenters. The summed E-state index contributed by atoms with van der Waals surface area (Å²) in [5, 5.41) is 6.14. The van der Waals surface area contributed by atoms with Gasteiger partial charge in [0.25, 0.3) is 10.9 Å². The van der Waals surface area contributed by atoms with Crippen LogP contribution >= 0.6 is 0 Å². The Balaban J connectivity index is 1.75. The molecule has 0 aliphatic rings. The van der Waals surface area contributed by atoms with Gasteiger partial charge in [-0.15, -0.1) is 0 Å². The number of halogens is 3. The lowest BCUT2D eigenvalue weighted by molar-refractivity contribution is -0.159. The predicted molar refractivity (Wildman–Crippen MR) is 90.2 cm³/mol. The summed E-state index contributed by atoms with van der Waals surface area (Å²) in [6.07, 6.45) is -3.41. The fourth-order valence-electron chi connectivity index (χ4n) is 2.51. The van der Waals surface area contributed by atoms with Crippen molar-refractivity contribution in [3.8, 4) is 11.4 Å². The van der Waals surface area contributed by atoms with Crippen LogP contribution in [0.5, 0.6) is 0 Å². The smallest absolute Gasteiger partial charge is 0.380 e. The summed E-state index contributed by atoms with van der Waals surface area (Å²) in [5.41, 5.74) is 0.212. The van der Waals surface area contributed by atoms with E-state index in [-0.39, 0.29) is 29.3 Å². The number of hydrogen-bond acceptors (Lipinski definition) is 8. The molecule has 0 radical (unpaired) electrons. The Morgan fingerprint density at radius 2 is 1.96 bits per heavy atom. The van der Waals surface area contributed by atoms with Gasteiger partial charge in [0.15, 0.2) is 0 Å². The first-order valence-electron chi connectivity index (χ1n) is 7.87. The second-order valence-corrected chi connectivity index (χ2v) is 5.73. The maximum atomic E-state index is 12.5. The molecule has 1 N–H and O–H groups in total. The van der Waals surface area contributed by atoms with Crippen molar-refractivity contribution in [3.63, 3.8) is 0 Å². The number of hydrogen-bond donors (Lipinski definition) is 1. The third kappa shape index (κ3) is 3.52. The van der Waals surface area contributed by atoms with Crippen LogP contribution in [-0.4, -0.2) is 28.7 Å². The van der Waals surface area contributed by atoms with Gasteiger partial charge in [-0.3, -0.25) is 14.6 Å². The van der Waals surface area contributed by atoms with E-state index >= 15 is 0 Å². The van der Waals surface area contributed by atoms with Gasteiger partial charge in [0, 0.05) is 25.4 Å². The van der Waals surface area contributed by atoms with Crippen molar-refractivity contribution in [1.82, 2.24) is 15.1 Å².